The lowest BCUT2D eigenvalue weighted by atomic mass is 10.3. The summed E-state index contributed by atoms with van der Waals surface area (Å²) in [5.74, 6) is 1.43. The Kier molecular flexibility index (Phi) is 7.34. The maximum absolute atomic E-state index is 11.8. The monoisotopic (exact) mass is 362 g/mol. The van der Waals surface area contributed by atoms with Crippen molar-refractivity contribution < 1.29 is 9.53 Å². The molecular weight excluding hydrogens is 344 g/mol. The Morgan fingerprint density at radius 2 is 2.20 bits per heavy atom. The first-order valence-electron chi connectivity index (χ1n) is 6.62. The van der Waals surface area contributed by atoms with Crippen LogP contribution in [0.4, 0.5) is 5.69 Å². The summed E-state index contributed by atoms with van der Waals surface area (Å²) in [5, 5.41) is 6.04. The van der Waals surface area contributed by atoms with E-state index >= 15 is 0 Å². The normalized spacial score (nSPS) is 13.5. The Bertz CT molecular complexity index is 453. The maximum atomic E-state index is 11.8. The van der Waals surface area contributed by atoms with Gasteiger partial charge in [-0.15, -0.1) is 12.4 Å². The molecule has 0 saturated heterocycles. The minimum absolute atomic E-state index is 0. The van der Waals surface area contributed by atoms with Gasteiger partial charge in [0.05, 0.1) is 18.8 Å². The van der Waals surface area contributed by atoms with E-state index in [1.54, 1.807) is 0 Å². The minimum Gasteiger partial charge on any atom is -0.492 e. The van der Waals surface area contributed by atoms with E-state index in [4.69, 9.17) is 4.74 Å². The average molecular weight is 364 g/mol. The summed E-state index contributed by atoms with van der Waals surface area (Å²) in [6.45, 7) is 3.77. The van der Waals surface area contributed by atoms with Gasteiger partial charge in [0.1, 0.15) is 5.75 Å². The summed E-state index contributed by atoms with van der Waals surface area (Å²) in [6.07, 6.45) is 2.57. The third-order valence-corrected chi connectivity index (χ3v) is 3.42. The molecular formula is C14H20BrClN2O2. The van der Waals surface area contributed by atoms with Crippen LogP contribution in [-0.2, 0) is 4.79 Å². The molecule has 20 heavy (non-hydrogen) atoms. The highest BCUT2D eigenvalue weighted by molar-refractivity contribution is 9.10. The standard InChI is InChI=1S/C14H19BrN2O2.ClH/c1-2-19-13-6-5-11(15)7-12(13)17-14(18)9-16-8-10-3-4-10;/h5-7,10,16H,2-4,8-9H2,1H3,(H,17,18);1H. The first kappa shape index (κ1) is 17.3. The molecule has 0 aliphatic heterocycles. The number of ether oxygens (including phenoxy) is 1. The summed E-state index contributed by atoms with van der Waals surface area (Å²) in [5.41, 5.74) is 0.703. The molecule has 0 bridgehead atoms. The van der Waals surface area contributed by atoms with Crippen LogP contribution in [0.5, 0.6) is 5.75 Å². The first-order chi connectivity index (χ1) is 9.19. The fourth-order valence-corrected chi connectivity index (χ4v) is 2.15. The van der Waals surface area contributed by atoms with Crippen molar-refractivity contribution in [2.75, 3.05) is 25.0 Å². The molecule has 0 unspecified atom stereocenters. The van der Waals surface area contributed by atoms with Crippen LogP contribution in [0.25, 0.3) is 0 Å². The number of carbonyl (C=O) groups is 1. The van der Waals surface area contributed by atoms with Crippen LogP contribution in [-0.4, -0.2) is 25.6 Å². The number of rotatable bonds is 7. The van der Waals surface area contributed by atoms with Crippen LogP contribution in [0.2, 0.25) is 0 Å². The van der Waals surface area contributed by atoms with Gasteiger partial charge in [0.15, 0.2) is 0 Å². The van der Waals surface area contributed by atoms with Gasteiger partial charge in [-0.1, -0.05) is 15.9 Å². The van der Waals surface area contributed by atoms with Gasteiger partial charge in [-0.2, -0.15) is 0 Å². The van der Waals surface area contributed by atoms with Gasteiger partial charge < -0.3 is 15.4 Å². The van der Waals surface area contributed by atoms with Crippen molar-refractivity contribution in [3.05, 3.63) is 22.7 Å². The molecule has 4 nitrogen and oxygen atoms in total. The molecule has 1 saturated carbocycles. The van der Waals surface area contributed by atoms with Crippen LogP contribution in [0.15, 0.2) is 22.7 Å². The molecule has 1 aromatic rings. The highest BCUT2D eigenvalue weighted by atomic mass is 79.9. The van der Waals surface area contributed by atoms with E-state index in [0.717, 1.165) is 16.9 Å². The molecule has 1 aromatic carbocycles. The van der Waals surface area contributed by atoms with Gasteiger partial charge in [0.2, 0.25) is 5.91 Å². The van der Waals surface area contributed by atoms with Crippen molar-refractivity contribution in [2.24, 2.45) is 5.92 Å². The molecule has 2 N–H and O–H groups in total. The lowest BCUT2D eigenvalue weighted by Gasteiger charge is -2.12. The zero-order valence-electron chi connectivity index (χ0n) is 11.4. The zero-order valence-corrected chi connectivity index (χ0v) is 13.9. The van der Waals surface area contributed by atoms with Gasteiger partial charge >= 0.3 is 0 Å². The van der Waals surface area contributed by atoms with Gasteiger partial charge in [0.25, 0.3) is 0 Å². The number of nitrogens with one attached hydrogen (secondary N) is 2. The van der Waals surface area contributed by atoms with Gasteiger partial charge in [-0.05, 0) is 50.4 Å². The van der Waals surface area contributed by atoms with E-state index in [-0.39, 0.29) is 18.3 Å². The number of benzene rings is 1. The Labute approximate surface area is 134 Å². The second kappa shape index (κ2) is 8.49. The number of halogens is 2. The van der Waals surface area contributed by atoms with Gasteiger partial charge in [-0.3, -0.25) is 4.79 Å². The number of hydrogen-bond acceptors (Lipinski definition) is 3. The lowest BCUT2D eigenvalue weighted by molar-refractivity contribution is -0.115. The number of carbonyl (C=O) groups excluding carboxylic acids is 1. The van der Waals surface area contributed by atoms with Crippen molar-refractivity contribution in [1.82, 2.24) is 5.32 Å². The molecule has 1 amide bonds. The fraction of sp³-hybridized carbons (Fsp3) is 0.500. The smallest absolute Gasteiger partial charge is 0.238 e. The quantitative estimate of drug-likeness (QED) is 0.782. The molecule has 0 atom stereocenters. The van der Waals surface area contributed by atoms with Crippen LogP contribution < -0.4 is 15.4 Å². The third-order valence-electron chi connectivity index (χ3n) is 2.93. The summed E-state index contributed by atoms with van der Waals surface area (Å²) >= 11 is 3.39. The molecule has 1 aliphatic rings. The molecule has 0 heterocycles. The van der Waals surface area contributed by atoms with E-state index in [1.165, 1.54) is 12.8 Å². The minimum atomic E-state index is -0.0419. The Hall–Kier alpha value is -0.780. The van der Waals surface area contributed by atoms with E-state index in [9.17, 15) is 4.79 Å². The fourth-order valence-electron chi connectivity index (χ4n) is 1.79. The van der Waals surface area contributed by atoms with Crippen molar-refractivity contribution in [1.29, 1.82) is 0 Å². The largest absolute Gasteiger partial charge is 0.492 e. The van der Waals surface area contributed by atoms with Crippen LogP contribution in [0.1, 0.15) is 19.8 Å². The SMILES string of the molecule is CCOc1ccc(Br)cc1NC(=O)CNCC1CC1.Cl. The Morgan fingerprint density at radius 3 is 2.85 bits per heavy atom. The van der Waals surface area contributed by atoms with Gasteiger partial charge in [-0.25, -0.2) is 0 Å². The van der Waals surface area contributed by atoms with Crippen molar-refractivity contribution in [3.8, 4) is 5.75 Å². The predicted molar refractivity (Wildman–Crippen MR) is 86.8 cm³/mol. The molecule has 1 fully saturated rings. The van der Waals surface area contributed by atoms with Crippen molar-refractivity contribution in [3.63, 3.8) is 0 Å². The summed E-state index contributed by atoms with van der Waals surface area (Å²) in [7, 11) is 0. The number of anilines is 1. The summed E-state index contributed by atoms with van der Waals surface area (Å²) < 4.78 is 6.40. The predicted octanol–water partition coefficient (Wildman–Crippen LogP) is 3.21. The van der Waals surface area contributed by atoms with Crippen molar-refractivity contribution in [2.45, 2.75) is 19.8 Å². The van der Waals surface area contributed by atoms with Crippen LogP contribution in [0.3, 0.4) is 0 Å². The zero-order chi connectivity index (χ0) is 13.7. The molecule has 6 heteroatoms. The van der Waals surface area contributed by atoms with E-state index < -0.39 is 0 Å². The van der Waals surface area contributed by atoms with Crippen LogP contribution in [0, 0.1) is 5.92 Å². The second-order valence-corrected chi connectivity index (χ2v) is 5.61. The summed E-state index contributed by atoms with van der Waals surface area (Å²) in [4.78, 5) is 11.8. The Morgan fingerprint density at radius 1 is 1.45 bits per heavy atom. The van der Waals surface area contributed by atoms with E-state index in [2.05, 4.69) is 26.6 Å². The summed E-state index contributed by atoms with van der Waals surface area (Å²) in [6, 6.07) is 5.59. The van der Waals surface area contributed by atoms with E-state index in [0.29, 0.717) is 24.6 Å². The third kappa shape index (κ3) is 5.69. The molecule has 2 rings (SSSR count). The molecule has 0 radical (unpaired) electrons. The van der Waals surface area contributed by atoms with E-state index in [1.807, 2.05) is 25.1 Å². The lowest BCUT2D eigenvalue weighted by Crippen LogP contribution is -2.29. The topological polar surface area (TPSA) is 50.4 Å². The second-order valence-electron chi connectivity index (χ2n) is 4.70. The van der Waals surface area contributed by atoms with Crippen LogP contribution >= 0.6 is 28.3 Å². The highest BCUT2D eigenvalue weighted by Gasteiger charge is 2.20. The molecule has 0 spiro atoms. The Balaban J connectivity index is 0.00000200. The molecule has 112 valence electrons. The number of hydrogen-bond donors (Lipinski definition) is 2. The highest BCUT2D eigenvalue weighted by Crippen LogP contribution is 2.28. The first-order valence-corrected chi connectivity index (χ1v) is 7.41. The number of amides is 1. The molecule has 0 aromatic heterocycles. The molecule has 1 aliphatic carbocycles. The average Bonchev–Trinajstić information content (AvgIpc) is 3.17. The van der Waals surface area contributed by atoms with Crippen molar-refractivity contribution >= 4 is 39.9 Å². The van der Waals surface area contributed by atoms with Gasteiger partial charge in [0, 0.05) is 4.47 Å². The maximum Gasteiger partial charge on any atom is 0.238 e.